The zero-order valence-corrected chi connectivity index (χ0v) is 22.6. The van der Waals surface area contributed by atoms with Crippen molar-refractivity contribution in [2.45, 2.75) is 0 Å². The molecule has 0 bridgehead atoms. The number of ether oxygens (including phenoxy) is 1. The van der Waals surface area contributed by atoms with Gasteiger partial charge < -0.3 is 19.9 Å². The number of nitrogens with one attached hydrogen (secondary N) is 1. The molecule has 3 aromatic carbocycles. The topological polar surface area (TPSA) is 96.8 Å². The fourth-order valence-corrected chi connectivity index (χ4v) is 4.99. The Morgan fingerprint density at radius 1 is 0.923 bits per heavy atom. The number of halogens is 2. The van der Waals surface area contributed by atoms with Gasteiger partial charge in [-0.15, -0.1) is 0 Å². The van der Waals surface area contributed by atoms with E-state index in [9.17, 15) is 14.4 Å². The molecule has 2 heterocycles. The van der Waals surface area contributed by atoms with Crippen LogP contribution in [0.3, 0.4) is 0 Å². The smallest absolute Gasteiger partial charge is 0.279 e. The summed E-state index contributed by atoms with van der Waals surface area (Å²) < 4.78 is 6.31. The van der Waals surface area contributed by atoms with Crippen LogP contribution in [-0.4, -0.2) is 66.3 Å². The highest BCUT2D eigenvalue weighted by Crippen LogP contribution is 2.26. The molecule has 0 unspecified atom stereocenters. The Morgan fingerprint density at radius 2 is 1.67 bits per heavy atom. The zero-order chi connectivity index (χ0) is 27.5. The molecule has 1 aliphatic rings. The van der Waals surface area contributed by atoms with E-state index in [0.717, 1.165) is 10.4 Å². The first-order chi connectivity index (χ1) is 18.9. The van der Waals surface area contributed by atoms with Crippen LogP contribution in [0, 0.1) is 0 Å². The molecule has 2 amide bonds. The molecule has 5 rings (SSSR count). The SMILES string of the molecule is COc1ccc(-n2nc(C(=O)NCC(=O)N3CCN(c4cccc(Cl)c4)CC3)c3ccccc3c2=O)cc1Cl. The number of amides is 2. The molecular weight excluding hydrogens is 541 g/mol. The van der Waals surface area contributed by atoms with E-state index in [-0.39, 0.29) is 18.1 Å². The number of hydrogen-bond acceptors (Lipinski definition) is 6. The predicted octanol–water partition coefficient (Wildman–Crippen LogP) is 3.78. The number of methoxy groups -OCH3 is 1. The number of fused-ring (bicyclic) bond motifs is 1. The Labute approximate surface area is 234 Å². The van der Waals surface area contributed by atoms with Crippen LogP contribution in [0.5, 0.6) is 5.75 Å². The van der Waals surface area contributed by atoms with Crippen molar-refractivity contribution in [1.29, 1.82) is 0 Å². The van der Waals surface area contributed by atoms with Gasteiger partial charge in [-0.25, -0.2) is 0 Å². The van der Waals surface area contributed by atoms with Crippen molar-refractivity contribution in [1.82, 2.24) is 20.0 Å². The highest BCUT2D eigenvalue weighted by molar-refractivity contribution is 6.32. The minimum absolute atomic E-state index is 0.0238. The molecule has 0 saturated carbocycles. The van der Waals surface area contributed by atoms with E-state index in [1.54, 1.807) is 41.3 Å². The Balaban J connectivity index is 1.32. The van der Waals surface area contributed by atoms with Gasteiger partial charge in [0.2, 0.25) is 5.91 Å². The van der Waals surface area contributed by atoms with Gasteiger partial charge in [0.15, 0.2) is 5.69 Å². The third-order valence-corrected chi connectivity index (χ3v) is 7.14. The highest BCUT2D eigenvalue weighted by atomic mass is 35.5. The molecule has 0 aliphatic carbocycles. The number of aromatic nitrogens is 2. The Kier molecular flexibility index (Phi) is 7.72. The second-order valence-electron chi connectivity index (χ2n) is 8.96. The number of carbonyl (C=O) groups is 2. The maximum atomic E-state index is 13.3. The molecule has 0 atom stereocenters. The minimum atomic E-state index is -0.564. The maximum absolute atomic E-state index is 13.3. The van der Waals surface area contributed by atoms with Crippen molar-refractivity contribution in [2.24, 2.45) is 0 Å². The molecule has 0 radical (unpaired) electrons. The molecule has 9 nitrogen and oxygen atoms in total. The van der Waals surface area contributed by atoms with Gasteiger partial charge in [-0.1, -0.05) is 47.5 Å². The Bertz CT molecular complexity index is 1620. The van der Waals surface area contributed by atoms with Crippen LogP contribution in [0.1, 0.15) is 10.5 Å². The van der Waals surface area contributed by atoms with Crippen molar-refractivity contribution < 1.29 is 14.3 Å². The summed E-state index contributed by atoms with van der Waals surface area (Å²) in [7, 11) is 1.49. The quantitative estimate of drug-likeness (QED) is 0.382. The fraction of sp³-hybridized carbons (Fsp3) is 0.214. The van der Waals surface area contributed by atoms with E-state index in [2.05, 4.69) is 15.3 Å². The van der Waals surface area contributed by atoms with Crippen LogP contribution in [0.25, 0.3) is 16.5 Å². The van der Waals surface area contributed by atoms with E-state index < -0.39 is 11.5 Å². The zero-order valence-electron chi connectivity index (χ0n) is 21.1. The van der Waals surface area contributed by atoms with Crippen LogP contribution in [-0.2, 0) is 4.79 Å². The van der Waals surface area contributed by atoms with E-state index in [0.29, 0.717) is 58.4 Å². The third-order valence-electron chi connectivity index (χ3n) is 6.61. The predicted molar refractivity (Wildman–Crippen MR) is 151 cm³/mol. The standard InChI is InChI=1S/C28H25Cl2N5O4/c1-39-24-10-9-20(16-23(24)30)35-28(38)22-8-3-2-7-21(22)26(32-35)27(37)31-17-25(36)34-13-11-33(12-14-34)19-6-4-5-18(29)15-19/h2-10,15-16H,11-14,17H2,1H3,(H,31,37). The number of anilines is 1. The molecule has 1 fully saturated rings. The van der Waals surface area contributed by atoms with E-state index in [1.807, 2.05) is 24.3 Å². The second-order valence-corrected chi connectivity index (χ2v) is 9.80. The average Bonchev–Trinajstić information content (AvgIpc) is 2.96. The van der Waals surface area contributed by atoms with Crippen molar-refractivity contribution in [3.05, 3.63) is 92.8 Å². The van der Waals surface area contributed by atoms with Gasteiger partial charge in [0.25, 0.3) is 11.5 Å². The van der Waals surface area contributed by atoms with Crippen molar-refractivity contribution >= 4 is 51.5 Å². The molecule has 39 heavy (non-hydrogen) atoms. The molecule has 1 aliphatic heterocycles. The van der Waals surface area contributed by atoms with Crippen molar-refractivity contribution in [3.63, 3.8) is 0 Å². The largest absolute Gasteiger partial charge is 0.495 e. The number of hydrogen-bond donors (Lipinski definition) is 1. The van der Waals surface area contributed by atoms with E-state index in [4.69, 9.17) is 27.9 Å². The first-order valence-corrected chi connectivity index (χ1v) is 13.0. The van der Waals surface area contributed by atoms with E-state index >= 15 is 0 Å². The molecule has 200 valence electrons. The molecule has 11 heteroatoms. The summed E-state index contributed by atoms with van der Waals surface area (Å²) in [6.07, 6.45) is 0. The van der Waals surface area contributed by atoms with Crippen LogP contribution in [0.4, 0.5) is 5.69 Å². The fourth-order valence-electron chi connectivity index (χ4n) is 4.56. The summed E-state index contributed by atoms with van der Waals surface area (Å²) >= 11 is 12.4. The van der Waals surface area contributed by atoms with Gasteiger partial charge in [0.1, 0.15) is 5.75 Å². The van der Waals surface area contributed by atoms with Crippen LogP contribution in [0.15, 0.2) is 71.5 Å². The first kappa shape index (κ1) is 26.5. The number of piperazine rings is 1. The van der Waals surface area contributed by atoms with E-state index in [1.165, 1.54) is 13.2 Å². The molecule has 1 aromatic heterocycles. The maximum Gasteiger partial charge on any atom is 0.279 e. The number of carbonyl (C=O) groups excluding carboxylic acids is 2. The van der Waals surface area contributed by atoms with Gasteiger partial charge in [0, 0.05) is 42.3 Å². The lowest BCUT2D eigenvalue weighted by atomic mass is 10.1. The molecular formula is C28H25Cl2N5O4. The first-order valence-electron chi connectivity index (χ1n) is 12.3. The number of nitrogens with zero attached hydrogens (tertiary/aromatic N) is 4. The van der Waals surface area contributed by atoms with Gasteiger partial charge in [0.05, 0.1) is 29.8 Å². The van der Waals surface area contributed by atoms with Crippen LogP contribution in [0.2, 0.25) is 10.0 Å². The molecule has 1 N–H and O–H groups in total. The summed E-state index contributed by atoms with van der Waals surface area (Å²) in [6.45, 7) is 2.15. The third kappa shape index (κ3) is 5.55. The normalized spacial score (nSPS) is 13.4. The van der Waals surface area contributed by atoms with Gasteiger partial charge >= 0.3 is 0 Å². The summed E-state index contributed by atoms with van der Waals surface area (Å²) in [6, 6.07) is 19.1. The summed E-state index contributed by atoms with van der Waals surface area (Å²) in [5.74, 6) is -0.321. The minimum Gasteiger partial charge on any atom is -0.495 e. The average molecular weight is 566 g/mol. The van der Waals surface area contributed by atoms with Crippen molar-refractivity contribution in [3.8, 4) is 11.4 Å². The van der Waals surface area contributed by atoms with Crippen LogP contribution >= 0.6 is 23.2 Å². The Morgan fingerprint density at radius 3 is 2.36 bits per heavy atom. The lowest BCUT2D eigenvalue weighted by molar-refractivity contribution is -0.130. The van der Waals surface area contributed by atoms with Gasteiger partial charge in [-0.2, -0.15) is 9.78 Å². The monoisotopic (exact) mass is 565 g/mol. The lowest BCUT2D eigenvalue weighted by Crippen LogP contribution is -2.51. The van der Waals surface area contributed by atoms with Gasteiger partial charge in [-0.3, -0.25) is 14.4 Å². The number of benzene rings is 3. The Hall–Kier alpha value is -4.08. The summed E-state index contributed by atoms with van der Waals surface area (Å²) in [4.78, 5) is 43.2. The van der Waals surface area contributed by atoms with Gasteiger partial charge in [-0.05, 0) is 42.5 Å². The number of rotatable bonds is 6. The van der Waals surface area contributed by atoms with Crippen LogP contribution < -0.4 is 20.5 Å². The molecule has 0 spiro atoms. The lowest BCUT2D eigenvalue weighted by Gasteiger charge is -2.36. The molecule has 1 saturated heterocycles. The highest BCUT2D eigenvalue weighted by Gasteiger charge is 2.23. The summed E-state index contributed by atoms with van der Waals surface area (Å²) in [5, 5.41) is 8.70. The molecule has 4 aromatic rings. The second kappa shape index (κ2) is 11.3. The summed E-state index contributed by atoms with van der Waals surface area (Å²) in [5.41, 5.74) is 1.00. The van der Waals surface area contributed by atoms with Crippen molar-refractivity contribution in [2.75, 3.05) is 44.7 Å².